The maximum absolute atomic E-state index is 11.9. The molecule has 2 amide bonds. The largest absolute Gasteiger partial charge is 0.496 e. The number of carbonyl (C=O) groups excluding carboxylic acids is 1. The Morgan fingerprint density at radius 2 is 2.16 bits per heavy atom. The lowest BCUT2D eigenvalue weighted by molar-refractivity contribution is 0.196. The molecule has 1 aliphatic rings. The molecule has 0 spiro atoms. The van der Waals surface area contributed by atoms with Crippen LogP contribution in [0.15, 0.2) is 18.2 Å². The van der Waals surface area contributed by atoms with E-state index in [0.717, 1.165) is 30.0 Å². The molecular weight excluding hydrogens is 242 g/mol. The first kappa shape index (κ1) is 13.7. The second-order valence-corrected chi connectivity index (χ2v) is 5.00. The number of hydrogen-bond donors (Lipinski definition) is 1. The van der Waals surface area contributed by atoms with Crippen molar-refractivity contribution in [2.45, 2.75) is 13.0 Å². The van der Waals surface area contributed by atoms with Crippen LogP contribution in [0.4, 0.5) is 4.79 Å². The summed E-state index contributed by atoms with van der Waals surface area (Å²) in [5, 5.41) is 0. The summed E-state index contributed by atoms with van der Waals surface area (Å²) in [6, 6.07) is 5.74. The Morgan fingerprint density at radius 3 is 2.74 bits per heavy atom. The van der Waals surface area contributed by atoms with Crippen LogP contribution in [0.2, 0.25) is 0 Å². The van der Waals surface area contributed by atoms with E-state index in [2.05, 4.69) is 0 Å². The van der Waals surface area contributed by atoms with Crippen LogP contribution in [0, 0.1) is 6.92 Å². The van der Waals surface area contributed by atoms with E-state index >= 15 is 0 Å². The van der Waals surface area contributed by atoms with E-state index in [9.17, 15) is 4.79 Å². The van der Waals surface area contributed by atoms with Crippen LogP contribution < -0.4 is 10.5 Å². The van der Waals surface area contributed by atoms with Crippen molar-refractivity contribution in [2.75, 3.05) is 33.8 Å². The first-order chi connectivity index (χ1) is 9.02. The monoisotopic (exact) mass is 263 g/mol. The Bertz CT molecular complexity index is 476. The highest BCUT2D eigenvalue weighted by molar-refractivity contribution is 5.76. The minimum absolute atomic E-state index is 0.0436. The van der Waals surface area contributed by atoms with E-state index in [1.165, 1.54) is 0 Å². The van der Waals surface area contributed by atoms with Gasteiger partial charge in [0.15, 0.2) is 0 Å². The molecule has 0 radical (unpaired) electrons. The van der Waals surface area contributed by atoms with Crippen LogP contribution in [-0.2, 0) is 0 Å². The summed E-state index contributed by atoms with van der Waals surface area (Å²) < 4.78 is 5.34. The highest BCUT2D eigenvalue weighted by atomic mass is 16.5. The minimum atomic E-state index is -0.231. The Hall–Kier alpha value is -1.75. The molecule has 0 aliphatic carbocycles. The summed E-state index contributed by atoms with van der Waals surface area (Å²) in [5.41, 5.74) is 8.32. The summed E-state index contributed by atoms with van der Waals surface area (Å²) in [6.45, 7) is 4.03. The van der Waals surface area contributed by atoms with Crippen LogP contribution in [0.1, 0.15) is 17.2 Å². The lowest BCUT2D eigenvalue weighted by Gasteiger charge is -2.22. The number of carbonyl (C=O) groups is 1. The predicted octanol–water partition coefficient (Wildman–Crippen LogP) is 1.37. The van der Waals surface area contributed by atoms with E-state index < -0.39 is 0 Å². The first-order valence-electron chi connectivity index (χ1n) is 6.43. The Labute approximate surface area is 113 Å². The molecule has 0 bridgehead atoms. The SMILES string of the molecule is COc1ccc(C)cc1C(N)CN1CCN(C)C1=O. The van der Waals surface area contributed by atoms with Crippen molar-refractivity contribution in [3.63, 3.8) is 0 Å². The molecule has 1 aliphatic heterocycles. The fourth-order valence-corrected chi connectivity index (χ4v) is 2.35. The molecule has 1 aromatic carbocycles. The molecule has 2 N–H and O–H groups in total. The lowest BCUT2D eigenvalue weighted by atomic mass is 10.0. The van der Waals surface area contributed by atoms with Gasteiger partial charge in [0, 0.05) is 32.2 Å². The maximum atomic E-state index is 11.9. The van der Waals surface area contributed by atoms with Crippen molar-refractivity contribution in [2.24, 2.45) is 5.73 Å². The van der Waals surface area contributed by atoms with E-state index in [1.807, 2.05) is 25.1 Å². The van der Waals surface area contributed by atoms with Gasteiger partial charge in [-0.3, -0.25) is 0 Å². The van der Waals surface area contributed by atoms with E-state index in [0.29, 0.717) is 6.54 Å². The number of benzene rings is 1. The van der Waals surface area contributed by atoms with Gasteiger partial charge in [0.25, 0.3) is 0 Å². The van der Waals surface area contributed by atoms with Crippen molar-refractivity contribution in [1.29, 1.82) is 0 Å². The van der Waals surface area contributed by atoms with Crippen molar-refractivity contribution in [1.82, 2.24) is 9.80 Å². The summed E-state index contributed by atoms with van der Waals surface area (Å²) in [6.07, 6.45) is 0. The summed E-state index contributed by atoms with van der Waals surface area (Å²) in [4.78, 5) is 15.4. The third-order valence-electron chi connectivity index (χ3n) is 3.50. The van der Waals surface area contributed by atoms with Crippen molar-refractivity contribution < 1.29 is 9.53 Å². The molecule has 1 fully saturated rings. The van der Waals surface area contributed by atoms with Crippen LogP contribution in [-0.4, -0.2) is 49.6 Å². The number of ether oxygens (including phenoxy) is 1. The number of hydrogen-bond acceptors (Lipinski definition) is 3. The Balaban J connectivity index is 2.13. The van der Waals surface area contributed by atoms with Crippen molar-refractivity contribution in [3.05, 3.63) is 29.3 Å². The minimum Gasteiger partial charge on any atom is -0.496 e. The van der Waals surface area contributed by atoms with Gasteiger partial charge in [-0.1, -0.05) is 17.7 Å². The molecule has 1 saturated heterocycles. The average Bonchev–Trinajstić information content (AvgIpc) is 2.70. The second-order valence-electron chi connectivity index (χ2n) is 5.00. The zero-order valence-electron chi connectivity index (χ0n) is 11.7. The van der Waals surface area contributed by atoms with Crippen LogP contribution in [0.3, 0.4) is 0 Å². The van der Waals surface area contributed by atoms with E-state index in [-0.39, 0.29) is 12.1 Å². The van der Waals surface area contributed by atoms with Gasteiger partial charge in [-0.2, -0.15) is 0 Å². The fraction of sp³-hybridized carbons (Fsp3) is 0.500. The third-order valence-corrected chi connectivity index (χ3v) is 3.50. The third kappa shape index (κ3) is 2.81. The number of nitrogens with two attached hydrogens (primary N) is 1. The molecular formula is C14H21N3O2. The molecule has 5 nitrogen and oxygen atoms in total. The maximum Gasteiger partial charge on any atom is 0.319 e. The van der Waals surface area contributed by atoms with Crippen LogP contribution >= 0.6 is 0 Å². The summed E-state index contributed by atoms with van der Waals surface area (Å²) in [7, 11) is 3.44. The van der Waals surface area contributed by atoms with E-state index in [1.54, 1.807) is 24.0 Å². The van der Waals surface area contributed by atoms with Crippen molar-refractivity contribution >= 4 is 6.03 Å². The van der Waals surface area contributed by atoms with Gasteiger partial charge in [-0.15, -0.1) is 0 Å². The second kappa shape index (κ2) is 5.48. The van der Waals surface area contributed by atoms with Gasteiger partial charge in [0.1, 0.15) is 5.75 Å². The molecule has 1 heterocycles. The van der Waals surface area contributed by atoms with Crippen LogP contribution in [0.25, 0.3) is 0 Å². The number of aryl methyl sites for hydroxylation is 1. The van der Waals surface area contributed by atoms with Gasteiger partial charge < -0.3 is 20.3 Å². The van der Waals surface area contributed by atoms with E-state index in [4.69, 9.17) is 10.5 Å². The molecule has 2 rings (SSSR count). The van der Waals surface area contributed by atoms with Crippen molar-refractivity contribution in [3.8, 4) is 5.75 Å². The first-order valence-corrected chi connectivity index (χ1v) is 6.43. The molecule has 1 aromatic rings. The highest BCUT2D eigenvalue weighted by Crippen LogP contribution is 2.26. The topological polar surface area (TPSA) is 58.8 Å². The predicted molar refractivity (Wildman–Crippen MR) is 74.3 cm³/mol. The number of methoxy groups -OCH3 is 1. The Morgan fingerprint density at radius 1 is 1.42 bits per heavy atom. The molecule has 0 saturated carbocycles. The van der Waals surface area contributed by atoms with Gasteiger partial charge in [0.05, 0.1) is 13.2 Å². The Kier molecular flexibility index (Phi) is 3.95. The van der Waals surface area contributed by atoms with Gasteiger partial charge in [0.2, 0.25) is 0 Å². The fourth-order valence-electron chi connectivity index (χ4n) is 2.35. The van der Waals surface area contributed by atoms with Gasteiger partial charge in [-0.25, -0.2) is 4.79 Å². The zero-order chi connectivity index (χ0) is 14.0. The standard InChI is InChI=1S/C14H21N3O2/c1-10-4-5-13(19-3)11(8-10)12(15)9-17-7-6-16(2)14(17)18/h4-5,8,12H,6-7,9,15H2,1-3H3. The van der Waals surface area contributed by atoms with Gasteiger partial charge in [-0.05, 0) is 13.0 Å². The molecule has 0 aromatic heterocycles. The number of amides is 2. The van der Waals surface area contributed by atoms with Crippen LogP contribution in [0.5, 0.6) is 5.75 Å². The summed E-state index contributed by atoms with van der Waals surface area (Å²) in [5.74, 6) is 0.776. The number of nitrogens with zero attached hydrogens (tertiary/aromatic N) is 2. The quantitative estimate of drug-likeness (QED) is 0.892. The van der Waals surface area contributed by atoms with Gasteiger partial charge >= 0.3 is 6.03 Å². The summed E-state index contributed by atoms with van der Waals surface area (Å²) >= 11 is 0. The molecule has 19 heavy (non-hydrogen) atoms. The normalized spacial score (nSPS) is 16.9. The molecule has 1 unspecified atom stereocenters. The number of urea groups is 1. The highest BCUT2D eigenvalue weighted by Gasteiger charge is 2.27. The number of likely N-dealkylation sites (N-methyl/N-ethyl adjacent to an activating group) is 1. The number of rotatable bonds is 4. The average molecular weight is 263 g/mol. The molecule has 104 valence electrons. The zero-order valence-corrected chi connectivity index (χ0v) is 11.7. The molecule has 1 atom stereocenters. The smallest absolute Gasteiger partial charge is 0.319 e. The lowest BCUT2D eigenvalue weighted by Crippen LogP contribution is -2.35. The molecule has 5 heteroatoms.